The number of alkyl halides is 6. The zero-order valence-electron chi connectivity index (χ0n) is 11.4. The second kappa shape index (κ2) is 7.32. The van der Waals surface area contributed by atoms with Crippen LogP contribution in [0.4, 0.5) is 26.3 Å². The third kappa shape index (κ3) is 6.29. The van der Waals surface area contributed by atoms with Gasteiger partial charge in [0, 0.05) is 6.07 Å². The second-order valence-corrected chi connectivity index (χ2v) is 7.21. The monoisotopic (exact) mass is 399 g/mol. The van der Waals surface area contributed by atoms with Gasteiger partial charge in [0.05, 0.1) is 0 Å². The van der Waals surface area contributed by atoms with Crippen molar-refractivity contribution in [2.75, 3.05) is 0 Å². The molecule has 0 unspecified atom stereocenters. The summed E-state index contributed by atoms with van der Waals surface area (Å²) >= 11 is 0. The lowest BCUT2D eigenvalue weighted by atomic mass is 10.3. The number of hydrogen-bond donors (Lipinski definition) is 0. The number of nitriles is 1. The summed E-state index contributed by atoms with van der Waals surface area (Å²) in [6, 6.07) is 5.67. The molecule has 0 saturated carbocycles. The Bertz CT molecular complexity index is 782. The van der Waals surface area contributed by atoms with E-state index < -0.39 is 31.1 Å². The second-order valence-electron chi connectivity index (χ2n) is 3.79. The van der Waals surface area contributed by atoms with Gasteiger partial charge in [0.1, 0.15) is 18.7 Å². The van der Waals surface area contributed by atoms with Gasteiger partial charge in [0.15, 0.2) is 32.4 Å². The fourth-order valence-electron chi connectivity index (χ4n) is 0.868. The molecule has 0 aliphatic heterocycles. The highest BCUT2D eigenvalue weighted by atomic mass is 32.3. The van der Waals surface area contributed by atoms with Crippen molar-refractivity contribution in [3.63, 3.8) is 0 Å². The lowest BCUT2D eigenvalue weighted by Gasteiger charge is -2.22. The lowest BCUT2D eigenvalue weighted by molar-refractivity contribution is -0.671. The van der Waals surface area contributed by atoms with Crippen LogP contribution in [0.5, 0.6) is 0 Å². The van der Waals surface area contributed by atoms with E-state index in [1.54, 1.807) is 12.3 Å². The van der Waals surface area contributed by atoms with Crippen molar-refractivity contribution in [1.82, 2.24) is 0 Å². The molecule has 1 heterocycles. The SMILES string of the molecule is C[n+]1cccc(C#N)c1.O=S(=O)([N-]S(=O)(=O)C(F)(F)F)C(F)(F)F. The lowest BCUT2D eigenvalue weighted by Crippen LogP contribution is -2.30. The minimum atomic E-state index is -6.72. The van der Waals surface area contributed by atoms with E-state index in [1.807, 2.05) is 29.9 Å². The predicted octanol–water partition coefficient (Wildman–Crippen LogP) is 1.44. The number of aromatic nitrogens is 1. The quantitative estimate of drug-likeness (QED) is 0.552. The Balaban J connectivity index is 0.000000496. The van der Waals surface area contributed by atoms with Crippen molar-refractivity contribution < 1.29 is 47.7 Å². The van der Waals surface area contributed by atoms with Crippen molar-refractivity contribution in [3.8, 4) is 6.07 Å². The Hall–Kier alpha value is -1.92. The Morgan fingerprint density at radius 3 is 1.71 bits per heavy atom. The molecule has 7 nitrogen and oxygen atoms in total. The van der Waals surface area contributed by atoms with Crippen molar-refractivity contribution in [2.45, 2.75) is 11.0 Å². The molecule has 1 aromatic rings. The van der Waals surface area contributed by atoms with Crippen LogP contribution in [-0.2, 0) is 27.1 Å². The summed E-state index contributed by atoms with van der Waals surface area (Å²) in [5.74, 6) is 0. The maximum absolute atomic E-state index is 11.4. The highest BCUT2D eigenvalue weighted by molar-refractivity contribution is 8.13. The van der Waals surface area contributed by atoms with E-state index in [2.05, 4.69) is 0 Å². The summed E-state index contributed by atoms with van der Waals surface area (Å²) in [4.78, 5) is 0. The maximum atomic E-state index is 11.4. The molecule has 0 radical (unpaired) electrons. The van der Waals surface area contributed by atoms with Crippen LogP contribution in [0.15, 0.2) is 24.5 Å². The molecular formula is C9H7F6N3O4S2. The third-order valence-corrected chi connectivity index (χ3v) is 4.59. The number of nitrogens with zero attached hydrogens (tertiary/aromatic N) is 3. The number of aryl methyl sites for hydroxylation is 1. The van der Waals surface area contributed by atoms with Crippen LogP contribution >= 0.6 is 0 Å². The van der Waals surface area contributed by atoms with Crippen LogP contribution in [-0.4, -0.2) is 27.9 Å². The first kappa shape index (κ1) is 22.1. The van der Waals surface area contributed by atoms with E-state index >= 15 is 0 Å². The average Bonchev–Trinajstić information content (AvgIpc) is 2.35. The molecule has 136 valence electrons. The molecule has 1 rings (SSSR count). The number of hydrogen-bond acceptors (Lipinski definition) is 5. The van der Waals surface area contributed by atoms with Crippen LogP contribution in [0.1, 0.15) is 5.56 Å². The van der Waals surface area contributed by atoms with Crippen LogP contribution in [0.25, 0.3) is 4.13 Å². The number of rotatable bonds is 2. The molecule has 0 aliphatic rings. The summed E-state index contributed by atoms with van der Waals surface area (Å²) in [5.41, 5.74) is -11.7. The molecule has 0 bridgehead atoms. The van der Waals surface area contributed by atoms with Crippen LogP contribution in [0.3, 0.4) is 0 Å². The third-order valence-electron chi connectivity index (χ3n) is 1.85. The fraction of sp³-hybridized carbons (Fsp3) is 0.333. The van der Waals surface area contributed by atoms with E-state index in [0.29, 0.717) is 5.56 Å². The van der Waals surface area contributed by atoms with Gasteiger partial charge in [-0.1, -0.05) is 0 Å². The highest BCUT2D eigenvalue weighted by Gasteiger charge is 2.46. The first-order valence-corrected chi connectivity index (χ1v) is 8.14. The molecule has 0 aliphatic carbocycles. The predicted molar refractivity (Wildman–Crippen MR) is 65.6 cm³/mol. The average molecular weight is 399 g/mol. The van der Waals surface area contributed by atoms with Crippen molar-refractivity contribution in [2.24, 2.45) is 7.05 Å². The number of halogens is 6. The van der Waals surface area contributed by atoms with Gasteiger partial charge in [-0.25, -0.2) is 21.4 Å². The Kier molecular flexibility index (Phi) is 6.73. The number of sulfonamides is 2. The summed E-state index contributed by atoms with van der Waals surface area (Å²) < 4.78 is 111. The smallest absolute Gasteiger partial charge is 0.421 e. The number of pyridine rings is 1. The largest absolute Gasteiger partial charge is 0.480 e. The van der Waals surface area contributed by atoms with E-state index in [4.69, 9.17) is 5.26 Å². The molecular weight excluding hydrogens is 392 g/mol. The van der Waals surface area contributed by atoms with Crippen LogP contribution in [0, 0.1) is 11.3 Å². The molecule has 0 spiro atoms. The van der Waals surface area contributed by atoms with Gasteiger partial charge >= 0.3 is 11.0 Å². The molecule has 15 heteroatoms. The summed E-state index contributed by atoms with van der Waals surface area (Å²) in [6.07, 6.45) is 3.67. The molecule has 0 N–H and O–H groups in total. The van der Waals surface area contributed by atoms with Crippen LogP contribution < -0.4 is 4.57 Å². The van der Waals surface area contributed by atoms with Crippen molar-refractivity contribution in [1.29, 1.82) is 5.26 Å². The highest BCUT2D eigenvalue weighted by Crippen LogP contribution is 2.36. The molecule has 0 fully saturated rings. The van der Waals surface area contributed by atoms with Gasteiger partial charge in [-0.05, 0) is 6.07 Å². The van der Waals surface area contributed by atoms with Gasteiger partial charge < -0.3 is 4.13 Å². The molecule has 0 saturated heterocycles. The van der Waals surface area contributed by atoms with Gasteiger partial charge in [-0.2, -0.15) is 31.6 Å². The Labute approximate surface area is 132 Å². The van der Waals surface area contributed by atoms with Gasteiger partial charge in [0.25, 0.3) is 0 Å². The van der Waals surface area contributed by atoms with Crippen molar-refractivity contribution >= 4 is 20.0 Å². The normalized spacial score (nSPS) is 12.8. The fourth-order valence-corrected chi connectivity index (χ4v) is 2.58. The first-order chi connectivity index (χ1) is 10.5. The molecule has 0 atom stereocenters. The zero-order valence-corrected chi connectivity index (χ0v) is 13.0. The zero-order chi connectivity index (χ0) is 19.4. The van der Waals surface area contributed by atoms with Gasteiger partial charge in [0.2, 0.25) is 0 Å². The Morgan fingerprint density at radius 2 is 1.46 bits per heavy atom. The minimum Gasteiger partial charge on any atom is -0.421 e. The minimum absolute atomic E-state index is 0.694. The first-order valence-electron chi connectivity index (χ1n) is 5.26. The topological polar surface area (TPSA) is 110 Å². The van der Waals surface area contributed by atoms with Crippen molar-refractivity contribution in [3.05, 3.63) is 34.2 Å². The van der Waals surface area contributed by atoms with E-state index in [9.17, 15) is 43.2 Å². The molecule has 24 heavy (non-hydrogen) atoms. The van der Waals surface area contributed by atoms with Crippen LogP contribution in [0.2, 0.25) is 0 Å². The van der Waals surface area contributed by atoms with Gasteiger partial charge in [-0.15, -0.1) is 0 Å². The summed E-state index contributed by atoms with van der Waals surface area (Å²) in [7, 11) is -11.6. The van der Waals surface area contributed by atoms with E-state index in [1.165, 1.54) is 0 Å². The summed E-state index contributed by atoms with van der Waals surface area (Å²) in [6.45, 7) is 0. The van der Waals surface area contributed by atoms with E-state index in [0.717, 1.165) is 4.13 Å². The summed E-state index contributed by atoms with van der Waals surface area (Å²) in [5, 5.41) is 8.40. The molecule has 1 aromatic heterocycles. The molecule has 0 aromatic carbocycles. The maximum Gasteiger partial charge on any atom is 0.480 e. The molecule has 0 amide bonds. The standard InChI is InChI=1S/C7H7N2.C2F6NO4S2/c1-9-4-2-3-7(5-8)6-9;3-1(4,5)14(10,11)9-15(12,13)2(6,7)8/h2-4,6H,1H3;/q+1;-1. The van der Waals surface area contributed by atoms with E-state index in [-0.39, 0.29) is 0 Å². The van der Waals surface area contributed by atoms with Gasteiger partial charge in [-0.3, -0.25) is 0 Å². The Morgan fingerprint density at radius 1 is 1.04 bits per heavy atom.